The van der Waals surface area contributed by atoms with Crippen molar-refractivity contribution in [3.05, 3.63) is 29.8 Å². The largest absolute Gasteiger partial charge is 0.416 e. The highest BCUT2D eigenvalue weighted by Gasteiger charge is 2.29. The van der Waals surface area contributed by atoms with Gasteiger partial charge >= 0.3 is 6.18 Å². The molecule has 0 bridgehead atoms. The SMILES string of the molecule is CC(C)C(C#N)CNc1ccc(C(F)(F)F)cc1. The number of hydrogen-bond donors (Lipinski definition) is 1. The number of hydrogen-bond acceptors (Lipinski definition) is 2. The van der Waals surface area contributed by atoms with Gasteiger partial charge in [-0.25, -0.2) is 0 Å². The number of alkyl halides is 3. The van der Waals surface area contributed by atoms with Crippen LogP contribution in [0.2, 0.25) is 0 Å². The minimum absolute atomic E-state index is 0.160. The molecule has 0 saturated carbocycles. The lowest BCUT2D eigenvalue weighted by Gasteiger charge is -2.15. The maximum atomic E-state index is 12.3. The summed E-state index contributed by atoms with van der Waals surface area (Å²) in [6, 6.07) is 6.96. The summed E-state index contributed by atoms with van der Waals surface area (Å²) in [5, 5.41) is 11.9. The lowest BCUT2D eigenvalue weighted by molar-refractivity contribution is -0.137. The second kappa shape index (κ2) is 5.76. The summed E-state index contributed by atoms with van der Waals surface area (Å²) >= 11 is 0. The van der Waals surface area contributed by atoms with Crippen LogP contribution in [0.5, 0.6) is 0 Å². The molecule has 1 N–H and O–H groups in total. The molecule has 0 aliphatic rings. The third kappa shape index (κ3) is 3.95. The van der Waals surface area contributed by atoms with E-state index in [-0.39, 0.29) is 11.8 Å². The van der Waals surface area contributed by atoms with Crippen molar-refractivity contribution in [3.8, 4) is 6.07 Å². The van der Waals surface area contributed by atoms with E-state index in [1.54, 1.807) is 0 Å². The summed E-state index contributed by atoms with van der Waals surface area (Å²) in [7, 11) is 0. The zero-order valence-electron chi connectivity index (χ0n) is 10.3. The monoisotopic (exact) mass is 256 g/mol. The second-order valence-corrected chi connectivity index (χ2v) is 4.44. The van der Waals surface area contributed by atoms with Crippen LogP contribution in [-0.4, -0.2) is 6.54 Å². The van der Waals surface area contributed by atoms with Gasteiger partial charge in [0, 0.05) is 12.2 Å². The molecule has 0 fully saturated rings. The Hall–Kier alpha value is -1.70. The van der Waals surface area contributed by atoms with Crippen molar-refractivity contribution >= 4 is 5.69 Å². The van der Waals surface area contributed by atoms with Gasteiger partial charge in [0.05, 0.1) is 17.6 Å². The predicted octanol–water partition coefficient (Wildman–Crippen LogP) is 3.91. The fourth-order valence-corrected chi connectivity index (χ4v) is 1.44. The molecule has 5 heteroatoms. The van der Waals surface area contributed by atoms with E-state index in [0.29, 0.717) is 12.2 Å². The Morgan fingerprint density at radius 2 is 1.78 bits per heavy atom. The fourth-order valence-electron chi connectivity index (χ4n) is 1.44. The predicted molar refractivity (Wildman–Crippen MR) is 63.9 cm³/mol. The average molecular weight is 256 g/mol. The highest BCUT2D eigenvalue weighted by Crippen LogP contribution is 2.29. The van der Waals surface area contributed by atoms with E-state index in [4.69, 9.17) is 5.26 Å². The van der Waals surface area contributed by atoms with Crippen LogP contribution < -0.4 is 5.32 Å². The van der Waals surface area contributed by atoms with Crippen molar-refractivity contribution in [2.45, 2.75) is 20.0 Å². The molecule has 0 amide bonds. The number of benzene rings is 1. The Morgan fingerprint density at radius 1 is 1.22 bits per heavy atom. The van der Waals surface area contributed by atoms with Crippen LogP contribution in [0.3, 0.4) is 0 Å². The Bertz CT molecular complexity index is 415. The van der Waals surface area contributed by atoms with Gasteiger partial charge in [-0.15, -0.1) is 0 Å². The second-order valence-electron chi connectivity index (χ2n) is 4.44. The number of anilines is 1. The summed E-state index contributed by atoms with van der Waals surface area (Å²) in [5.41, 5.74) is -0.0855. The third-order valence-corrected chi connectivity index (χ3v) is 2.71. The van der Waals surface area contributed by atoms with E-state index < -0.39 is 11.7 Å². The van der Waals surface area contributed by atoms with Gasteiger partial charge in [-0.3, -0.25) is 0 Å². The van der Waals surface area contributed by atoms with Gasteiger partial charge in [-0.2, -0.15) is 18.4 Å². The molecule has 2 nitrogen and oxygen atoms in total. The Kier molecular flexibility index (Phi) is 4.60. The fraction of sp³-hybridized carbons (Fsp3) is 0.462. The van der Waals surface area contributed by atoms with Gasteiger partial charge in [0.1, 0.15) is 0 Å². The van der Waals surface area contributed by atoms with Crippen molar-refractivity contribution in [2.24, 2.45) is 11.8 Å². The van der Waals surface area contributed by atoms with Crippen molar-refractivity contribution in [1.82, 2.24) is 0 Å². The quantitative estimate of drug-likeness (QED) is 0.886. The van der Waals surface area contributed by atoms with Gasteiger partial charge in [0.15, 0.2) is 0 Å². The molecule has 0 saturated heterocycles. The highest BCUT2D eigenvalue weighted by atomic mass is 19.4. The Morgan fingerprint density at radius 3 is 2.17 bits per heavy atom. The summed E-state index contributed by atoms with van der Waals surface area (Å²) in [5.74, 6) is 0.0456. The topological polar surface area (TPSA) is 35.8 Å². The van der Waals surface area contributed by atoms with Crippen LogP contribution in [0.4, 0.5) is 18.9 Å². The Balaban J connectivity index is 2.63. The molecular weight excluding hydrogens is 241 g/mol. The Labute approximate surface area is 104 Å². The van der Waals surface area contributed by atoms with Crippen LogP contribution in [-0.2, 0) is 6.18 Å². The zero-order chi connectivity index (χ0) is 13.8. The van der Waals surface area contributed by atoms with Crippen molar-refractivity contribution < 1.29 is 13.2 Å². The van der Waals surface area contributed by atoms with Crippen LogP contribution in [0, 0.1) is 23.2 Å². The van der Waals surface area contributed by atoms with E-state index in [2.05, 4.69) is 11.4 Å². The van der Waals surface area contributed by atoms with Gasteiger partial charge in [0.2, 0.25) is 0 Å². The number of nitrogens with one attached hydrogen (secondary N) is 1. The van der Waals surface area contributed by atoms with Crippen LogP contribution in [0.25, 0.3) is 0 Å². The van der Waals surface area contributed by atoms with Gasteiger partial charge in [-0.1, -0.05) is 13.8 Å². The van der Waals surface area contributed by atoms with Gasteiger partial charge < -0.3 is 5.32 Å². The molecule has 1 aromatic rings. The molecule has 0 aromatic heterocycles. The van der Waals surface area contributed by atoms with Gasteiger partial charge in [0.25, 0.3) is 0 Å². The first-order valence-corrected chi connectivity index (χ1v) is 5.65. The van der Waals surface area contributed by atoms with Gasteiger partial charge in [-0.05, 0) is 30.2 Å². The standard InChI is InChI=1S/C13H15F3N2/c1-9(2)10(7-17)8-18-12-5-3-11(4-6-12)13(14,15)16/h3-6,9-10,18H,8H2,1-2H3. The van der Waals surface area contributed by atoms with Crippen molar-refractivity contribution in [2.75, 3.05) is 11.9 Å². The molecule has 1 atom stereocenters. The minimum Gasteiger partial charge on any atom is -0.384 e. The first-order chi connectivity index (χ1) is 8.34. The minimum atomic E-state index is -4.31. The van der Waals surface area contributed by atoms with Crippen LogP contribution in [0.15, 0.2) is 24.3 Å². The van der Waals surface area contributed by atoms with E-state index in [1.165, 1.54) is 12.1 Å². The molecule has 98 valence electrons. The first-order valence-electron chi connectivity index (χ1n) is 5.65. The molecule has 18 heavy (non-hydrogen) atoms. The van der Waals surface area contributed by atoms with E-state index >= 15 is 0 Å². The normalized spacial score (nSPS) is 13.2. The highest BCUT2D eigenvalue weighted by molar-refractivity contribution is 5.45. The van der Waals surface area contributed by atoms with Crippen LogP contribution >= 0.6 is 0 Å². The molecule has 0 aliphatic carbocycles. The first kappa shape index (κ1) is 14.4. The molecule has 0 spiro atoms. The molecule has 1 rings (SSSR count). The van der Waals surface area contributed by atoms with Crippen LogP contribution in [0.1, 0.15) is 19.4 Å². The summed E-state index contributed by atoms with van der Waals surface area (Å²) in [6.45, 7) is 4.30. The number of nitrogens with zero attached hydrogens (tertiary/aromatic N) is 1. The van der Waals surface area contributed by atoms with Crippen molar-refractivity contribution in [3.63, 3.8) is 0 Å². The van der Waals surface area contributed by atoms with E-state index in [1.807, 2.05) is 13.8 Å². The average Bonchev–Trinajstić information content (AvgIpc) is 2.29. The lowest BCUT2D eigenvalue weighted by atomic mass is 9.97. The summed E-state index contributed by atoms with van der Waals surface area (Å²) in [6.07, 6.45) is -4.31. The third-order valence-electron chi connectivity index (χ3n) is 2.71. The smallest absolute Gasteiger partial charge is 0.384 e. The van der Waals surface area contributed by atoms with E-state index in [9.17, 15) is 13.2 Å². The molecule has 0 radical (unpaired) electrons. The molecule has 0 aliphatic heterocycles. The summed E-state index contributed by atoms with van der Waals surface area (Å²) in [4.78, 5) is 0. The maximum absolute atomic E-state index is 12.3. The van der Waals surface area contributed by atoms with E-state index in [0.717, 1.165) is 12.1 Å². The summed E-state index contributed by atoms with van der Waals surface area (Å²) < 4.78 is 37.0. The number of halogens is 3. The number of nitriles is 1. The van der Waals surface area contributed by atoms with Crippen molar-refractivity contribution in [1.29, 1.82) is 5.26 Å². The lowest BCUT2D eigenvalue weighted by Crippen LogP contribution is -2.17. The zero-order valence-corrected chi connectivity index (χ0v) is 10.3. The molecular formula is C13H15F3N2. The molecule has 0 heterocycles. The molecule has 1 unspecified atom stereocenters. The maximum Gasteiger partial charge on any atom is 0.416 e. The number of rotatable bonds is 4. The molecule has 1 aromatic carbocycles.